The van der Waals surface area contributed by atoms with Gasteiger partial charge >= 0.3 is 0 Å². The van der Waals surface area contributed by atoms with Gasteiger partial charge in [-0.1, -0.05) is 36.7 Å². The number of hydrogen-bond acceptors (Lipinski definition) is 5. The Morgan fingerprint density at radius 3 is 2.64 bits per heavy atom. The fourth-order valence-electron chi connectivity index (χ4n) is 5.11. The van der Waals surface area contributed by atoms with Crippen LogP contribution in [0, 0.1) is 0 Å². The van der Waals surface area contributed by atoms with E-state index in [2.05, 4.69) is 34.2 Å². The van der Waals surface area contributed by atoms with Gasteiger partial charge < -0.3 is 14.6 Å². The lowest BCUT2D eigenvalue weighted by Crippen LogP contribution is -2.47. The Morgan fingerprint density at radius 1 is 1.12 bits per heavy atom. The van der Waals surface area contributed by atoms with Crippen molar-refractivity contribution >= 4 is 33.8 Å². The Kier molecular flexibility index (Phi) is 6.88. The van der Waals surface area contributed by atoms with E-state index < -0.39 is 0 Å². The molecule has 0 saturated carbocycles. The number of piperazine rings is 1. The third-order valence-corrected chi connectivity index (χ3v) is 8.44. The first-order valence-corrected chi connectivity index (χ1v) is 13.0. The first kappa shape index (κ1) is 22.7. The minimum atomic E-state index is -0.200. The summed E-state index contributed by atoms with van der Waals surface area (Å²) in [6.45, 7) is 7.32. The number of thiophene rings is 1. The number of fused-ring (bicyclic) bond motifs is 1. The zero-order chi connectivity index (χ0) is 22.8. The largest absolute Gasteiger partial charge is 0.459 e. The number of rotatable bonds is 6. The number of aryl methyl sites for hydroxylation is 1. The zero-order valence-electron chi connectivity index (χ0n) is 19.0. The molecule has 0 unspecified atom stereocenters. The van der Waals surface area contributed by atoms with Gasteiger partial charge in [-0.2, -0.15) is 0 Å². The van der Waals surface area contributed by atoms with Crippen molar-refractivity contribution in [1.82, 2.24) is 9.80 Å². The lowest BCUT2D eigenvalue weighted by molar-refractivity contribution is 0.0995. The Morgan fingerprint density at radius 2 is 1.91 bits per heavy atom. The smallest absolute Gasteiger partial charge is 0.291 e. The minimum absolute atomic E-state index is 0.0164. The van der Waals surface area contributed by atoms with E-state index in [1.54, 1.807) is 23.5 Å². The number of halogens is 1. The van der Waals surface area contributed by atoms with E-state index in [1.807, 2.05) is 12.1 Å². The van der Waals surface area contributed by atoms with E-state index in [1.165, 1.54) is 35.1 Å². The van der Waals surface area contributed by atoms with E-state index >= 15 is 0 Å². The highest BCUT2D eigenvalue weighted by atomic mass is 35.5. The molecule has 5 nitrogen and oxygen atoms in total. The van der Waals surface area contributed by atoms with Gasteiger partial charge in [-0.3, -0.25) is 9.69 Å². The van der Waals surface area contributed by atoms with Crippen molar-refractivity contribution in [2.24, 2.45) is 0 Å². The molecule has 0 bridgehead atoms. The number of amides is 1. The summed E-state index contributed by atoms with van der Waals surface area (Å²) >= 11 is 8.53. The van der Waals surface area contributed by atoms with Crippen LogP contribution in [0.25, 0.3) is 0 Å². The molecular formula is C26H30ClN3O2S. The van der Waals surface area contributed by atoms with E-state index in [4.69, 9.17) is 16.0 Å². The normalized spacial score (nSPS) is 18.1. The number of hydrogen-bond donors (Lipinski definition) is 1. The van der Waals surface area contributed by atoms with Gasteiger partial charge in [0.25, 0.3) is 5.91 Å². The highest BCUT2D eigenvalue weighted by Crippen LogP contribution is 2.47. The maximum absolute atomic E-state index is 13.0. The van der Waals surface area contributed by atoms with Crippen molar-refractivity contribution < 1.29 is 9.21 Å². The third-order valence-electron chi connectivity index (χ3n) is 6.88. The van der Waals surface area contributed by atoms with Crippen LogP contribution >= 0.6 is 22.9 Å². The summed E-state index contributed by atoms with van der Waals surface area (Å²) in [4.78, 5) is 19.4. The second-order valence-corrected chi connectivity index (χ2v) is 10.3. The van der Waals surface area contributed by atoms with Gasteiger partial charge in [0.05, 0.1) is 12.3 Å². The van der Waals surface area contributed by atoms with Crippen LogP contribution in [0.2, 0.25) is 5.02 Å². The van der Waals surface area contributed by atoms with Crippen LogP contribution in [-0.4, -0.2) is 48.4 Å². The number of furan rings is 1. The van der Waals surface area contributed by atoms with Crippen LogP contribution in [0.5, 0.6) is 0 Å². The van der Waals surface area contributed by atoms with E-state index in [0.29, 0.717) is 5.76 Å². The van der Waals surface area contributed by atoms with Gasteiger partial charge in [-0.25, -0.2) is 0 Å². The Labute approximate surface area is 204 Å². The topological polar surface area (TPSA) is 48.7 Å². The highest BCUT2D eigenvalue weighted by Gasteiger charge is 2.34. The summed E-state index contributed by atoms with van der Waals surface area (Å²) in [5.74, 6) is 0.131. The Balaban J connectivity index is 1.60. The van der Waals surface area contributed by atoms with Crippen molar-refractivity contribution in [1.29, 1.82) is 0 Å². The molecule has 1 amide bonds. The molecule has 174 valence electrons. The molecule has 1 atom stereocenters. The fraction of sp³-hybridized carbons (Fsp3) is 0.423. The predicted molar refractivity (Wildman–Crippen MR) is 135 cm³/mol. The van der Waals surface area contributed by atoms with Gasteiger partial charge in [0.15, 0.2) is 5.76 Å². The van der Waals surface area contributed by atoms with Gasteiger partial charge in [0.2, 0.25) is 0 Å². The summed E-state index contributed by atoms with van der Waals surface area (Å²) in [6.07, 6.45) is 6.04. The van der Waals surface area contributed by atoms with Crippen LogP contribution in [0.3, 0.4) is 0 Å². The predicted octanol–water partition coefficient (Wildman–Crippen LogP) is 5.85. The average molecular weight is 484 g/mol. The van der Waals surface area contributed by atoms with Crippen LogP contribution < -0.4 is 5.32 Å². The summed E-state index contributed by atoms with van der Waals surface area (Å²) in [6, 6.07) is 11.6. The summed E-state index contributed by atoms with van der Waals surface area (Å²) in [7, 11) is 0. The molecule has 1 fully saturated rings. The van der Waals surface area contributed by atoms with E-state index in [9.17, 15) is 4.79 Å². The SMILES string of the molecule is CCN1CCN([C@@H](c2ccccc2Cl)c2c(NC(=O)c3ccco3)sc3c2CCCC3)CC1. The molecule has 3 aromatic rings. The first-order valence-electron chi connectivity index (χ1n) is 11.9. The molecule has 1 N–H and O–H groups in total. The average Bonchev–Trinajstić information content (AvgIpc) is 3.50. The monoisotopic (exact) mass is 483 g/mol. The van der Waals surface area contributed by atoms with Gasteiger partial charge in [-0.15, -0.1) is 11.3 Å². The number of carbonyl (C=O) groups excluding carboxylic acids is 1. The first-order chi connectivity index (χ1) is 16.2. The van der Waals surface area contributed by atoms with Gasteiger partial charge in [-0.05, 0) is 61.6 Å². The van der Waals surface area contributed by atoms with Gasteiger partial charge in [0, 0.05) is 41.6 Å². The number of anilines is 1. The standard InChI is InChI=1S/C26H30ClN3O2S/c1-2-29-13-15-30(16-14-29)24(18-8-3-5-10-20(18)27)23-19-9-4-6-12-22(19)33-26(23)28-25(31)21-11-7-17-32-21/h3,5,7-8,10-11,17,24H,2,4,6,9,12-16H2,1H3,(H,28,31)/t24-/m0/s1. The minimum Gasteiger partial charge on any atom is -0.459 e. The lowest BCUT2D eigenvalue weighted by Gasteiger charge is -2.40. The molecule has 1 aromatic carbocycles. The molecule has 0 radical (unpaired) electrons. The number of nitrogens with one attached hydrogen (secondary N) is 1. The molecule has 1 saturated heterocycles. The molecule has 2 aliphatic rings. The highest BCUT2D eigenvalue weighted by molar-refractivity contribution is 7.16. The van der Waals surface area contributed by atoms with Crippen LogP contribution in [0.4, 0.5) is 5.00 Å². The van der Waals surface area contributed by atoms with Crippen molar-refractivity contribution in [2.45, 2.75) is 38.6 Å². The lowest BCUT2D eigenvalue weighted by atomic mass is 9.88. The van der Waals surface area contributed by atoms with Crippen LogP contribution in [-0.2, 0) is 12.8 Å². The van der Waals surface area contributed by atoms with Gasteiger partial charge in [0.1, 0.15) is 5.00 Å². The van der Waals surface area contributed by atoms with Crippen molar-refractivity contribution in [3.8, 4) is 0 Å². The summed E-state index contributed by atoms with van der Waals surface area (Å²) in [5, 5.41) is 4.92. The number of likely N-dealkylation sites (N-methyl/N-ethyl adjacent to an activating group) is 1. The van der Waals surface area contributed by atoms with Crippen LogP contribution in [0.1, 0.15) is 57.9 Å². The van der Waals surface area contributed by atoms with Crippen molar-refractivity contribution in [3.63, 3.8) is 0 Å². The molecular weight excluding hydrogens is 454 g/mol. The Bertz CT molecular complexity index is 1100. The van der Waals surface area contributed by atoms with E-state index in [-0.39, 0.29) is 11.9 Å². The molecule has 3 heterocycles. The maximum atomic E-state index is 13.0. The molecule has 2 aromatic heterocycles. The molecule has 1 aliphatic carbocycles. The third kappa shape index (κ3) is 4.62. The Hall–Kier alpha value is -2.12. The molecule has 7 heteroatoms. The van der Waals surface area contributed by atoms with Crippen molar-refractivity contribution in [2.75, 3.05) is 38.0 Å². The zero-order valence-corrected chi connectivity index (χ0v) is 20.6. The fourth-order valence-corrected chi connectivity index (χ4v) is 6.67. The molecule has 5 rings (SSSR count). The van der Waals surface area contributed by atoms with Crippen LogP contribution in [0.15, 0.2) is 47.1 Å². The number of benzene rings is 1. The summed E-state index contributed by atoms with van der Waals surface area (Å²) in [5.41, 5.74) is 3.75. The van der Waals surface area contributed by atoms with Crippen molar-refractivity contribution in [3.05, 3.63) is 75.0 Å². The quantitative estimate of drug-likeness (QED) is 0.477. The second-order valence-electron chi connectivity index (χ2n) is 8.78. The number of carbonyl (C=O) groups is 1. The molecule has 1 aliphatic heterocycles. The van der Waals surface area contributed by atoms with E-state index in [0.717, 1.165) is 61.2 Å². The maximum Gasteiger partial charge on any atom is 0.291 e. The number of nitrogens with zero attached hydrogens (tertiary/aromatic N) is 2. The second kappa shape index (κ2) is 10.0. The molecule has 0 spiro atoms. The molecule has 33 heavy (non-hydrogen) atoms. The summed E-state index contributed by atoms with van der Waals surface area (Å²) < 4.78 is 5.37.